The number of rotatable bonds is 5. The first kappa shape index (κ1) is 13.9. The Labute approximate surface area is 103 Å². The molecule has 0 bridgehead atoms. The van der Waals surface area contributed by atoms with Gasteiger partial charge in [-0.05, 0) is 18.3 Å². The molecule has 4 heteroatoms. The third kappa shape index (κ3) is 3.95. The molecule has 96 valence electrons. The standard InChI is InChI=1S/C13H23N3O/c1-6-16-12(14-9-15-16)8-11(17)7-10(2)13(3,4)5/h9-10H,6-8H2,1-5H3. The summed E-state index contributed by atoms with van der Waals surface area (Å²) in [7, 11) is 0. The van der Waals surface area contributed by atoms with Crippen molar-refractivity contribution in [2.45, 2.75) is 54.0 Å². The lowest BCUT2D eigenvalue weighted by Gasteiger charge is -2.26. The molecule has 0 aromatic carbocycles. The summed E-state index contributed by atoms with van der Waals surface area (Å²) in [6, 6.07) is 0. The summed E-state index contributed by atoms with van der Waals surface area (Å²) < 4.78 is 1.78. The van der Waals surface area contributed by atoms with Crippen LogP contribution in [0.3, 0.4) is 0 Å². The van der Waals surface area contributed by atoms with E-state index >= 15 is 0 Å². The minimum Gasteiger partial charge on any atom is -0.299 e. The summed E-state index contributed by atoms with van der Waals surface area (Å²) in [6.07, 6.45) is 2.52. The van der Waals surface area contributed by atoms with E-state index in [1.807, 2.05) is 6.92 Å². The van der Waals surface area contributed by atoms with Crippen LogP contribution in [0.4, 0.5) is 0 Å². The molecule has 1 unspecified atom stereocenters. The number of carbonyl (C=O) groups excluding carboxylic acids is 1. The van der Waals surface area contributed by atoms with Crippen LogP contribution in [-0.2, 0) is 17.8 Å². The zero-order valence-electron chi connectivity index (χ0n) is 11.5. The van der Waals surface area contributed by atoms with Crippen LogP contribution < -0.4 is 0 Å². The molecule has 0 saturated heterocycles. The smallest absolute Gasteiger partial charge is 0.140 e. The molecule has 4 nitrogen and oxygen atoms in total. The topological polar surface area (TPSA) is 47.8 Å². The summed E-state index contributed by atoms with van der Waals surface area (Å²) in [5.41, 5.74) is 0.175. The van der Waals surface area contributed by atoms with Crippen LogP contribution in [0.5, 0.6) is 0 Å². The first-order valence-corrected chi connectivity index (χ1v) is 6.23. The van der Waals surface area contributed by atoms with Crippen LogP contribution in [0.15, 0.2) is 6.33 Å². The highest BCUT2D eigenvalue weighted by molar-refractivity contribution is 5.80. The number of ketones is 1. The Kier molecular flexibility index (Phi) is 4.43. The molecule has 0 aliphatic heterocycles. The van der Waals surface area contributed by atoms with Crippen molar-refractivity contribution in [1.82, 2.24) is 14.8 Å². The number of carbonyl (C=O) groups is 1. The molecule has 0 saturated carbocycles. The SMILES string of the molecule is CCn1ncnc1CC(=O)CC(C)C(C)(C)C. The fraction of sp³-hybridized carbons (Fsp3) is 0.769. The highest BCUT2D eigenvalue weighted by Crippen LogP contribution is 2.28. The second-order valence-corrected chi connectivity index (χ2v) is 5.68. The van der Waals surface area contributed by atoms with Crippen molar-refractivity contribution in [3.05, 3.63) is 12.2 Å². The van der Waals surface area contributed by atoms with Crippen molar-refractivity contribution in [3.63, 3.8) is 0 Å². The van der Waals surface area contributed by atoms with Crippen LogP contribution in [0.25, 0.3) is 0 Å². The van der Waals surface area contributed by atoms with Gasteiger partial charge in [0.1, 0.15) is 17.9 Å². The van der Waals surface area contributed by atoms with Gasteiger partial charge in [0.25, 0.3) is 0 Å². The third-order valence-corrected chi connectivity index (χ3v) is 3.36. The monoisotopic (exact) mass is 237 g/mol. The number of aryl methyl sites for hydroxylation is 1. The molecule has 0 aliphatic rings. The molecule has 1 aromatic rings. The molecule has 1 atom stereocenters. The number of hydrogen-bond donors (Lipinski definition) is 0. The Balaban J connectivity index is 2.56. The van der Waals surface area contributed by atoms with Crippen molar-refractivity contribution in [1.29, 1.82) is 0 Å². The second-order valence-electron chi connectivity index (χ2n) is 5.68. The summed E-state index contributed by atoms with van der Waals surface area (Å²) >= 11 is 0. The summed E-state index contributed by atoms with van der Waals surface area (Å²) in [5, 5.41) is 4.07. The third-order valence-electron chi connectivity index (χ3n) is 3.36. The van der Waals surface area contributed by atoms with Crippen molar-refractivity contribution >= 4 is 5.78 Å². The molecule has 0 radical (unpaired) electrons. The Morgan fingerprint density at radius 3 is 2.65 bits per heavy atom. The quantitative estimate of drug-likeness (QED) is 0.790. The Morgan fingerprint density at radius 1 is 1.47 bits per heavy atom. The molecule has 17 heavy (non-hydrogen) atoms. The maximum Gasteiger partial charge on any atom is 0.140 e. The van der Waals surface area contributed by atoms with Crippen molar-refractivity contribution < 1.29 is 4.79 Å². The maximum absolute atomic E-state index is 12.0. The van der Waals surface area contributed by atoms with Crippen LogP contribution in [0, 0.1) is 11.3 Å². The van der Waals surface area contributed by atoms with E-state index < -0.39 is 0 Å². The van der Waals surface area contributed by atoms with E-state index in [2.05, 4.69) is 37.8 Å². The predicted molar refractivity (Wildman–Crippen MR) is 67.6 cm³/mol. The second kappa shape index (κ2) is 5.43. The minimum absolute atomic E-state index is 0.175. The lowest BCUT2D eigenvalue weighted by molar-refractivity contribution is -0.120. The highest BCUT2D eigenvalue weighted by atomic mass is 16.1. The molecule has 1 heterocycles. The Hall–Kier alpha value is -1.19. The van der Waals surface area contributed by atoms with Gasteiger partial charge in [0.05, 0.1) is 6.42 Å². The predicted octanol–water partition coefficient (Wildman–Crippen LogP) is 2.48. The fourth-order valence-electron chi connectivity index (χ4n) is 1.59. The molecule has 1 rings (SSSR count). The van der Waals surface area contributed by atoms with Gasteiger partial charge in [-0.15, -0.1) is 0 Å². The van der Waals surface area contributed by atoms with E-state index in [4.69, 9.17) is 0 Å². The van der Waals surface area contributed by atoms with E-state index in [0.29, 0.717) is 18.8 Å². The zero-order valence-corrected chi connectivity index (χ0v) is 11.5. The molecule has 0 N–H and O–H groups in total. The van der Waals surface area contributed by atoms with Gasteiger partial charge in [-0.3, -0.25) is 4.79 Å². The van der Waals surface area contributed by atoms with E-state index in [9.17, 15) is 4.79 Å². The molecule has 1 aromatic heterocycles. The number of Topliss-reactive ketones (excluding diaryl/α,β-unsaturated/α-hetero) is 1. The van der Waals surface area contributed by atoms with Crippen LogP contribution in [0.1, 0.15) is 46.9 Å². The van der Waals surface area contributed by atoms with Crippen molar-refractivity contribution in [3.8, 4) is 0 Å². The van der Waals surface area contributed by atoms with Gasteiger partial charge >= 0.3 is 0 Å². The molecule has 0 fully saturated rings. The van der Waals surface area contributed by atoms with Gasteiger partial charge < -0.3 is 0 Å². The van der Waals surface area contributed by atoms with Gasteiger partial charge in [-0.2, -0.15) is 5.10 Å². The minimum atomic E-state index is 0.175. The van der Waals surface area contributed by atoms with E-state index in [0.717, 1.165) is 12.4 Å². The van der Waals surface area contributed by atoms with Crippen molar-refractivity contribution in [2.75, 3.05) is 0 Å². The number of nitrogens with zero attached hydrogens (tertiary/aromatic N) is 3. The van der Waals surface area contributed by atoms with E-state index in [1.165, 1.54) is 6.33 Å². The summed E-state index contributed by atoms with van der Waals surface area (Å²) in [4.78, 5) is 16.1. The Bertz CT molecular complexity index is 376. The average Bonchev–Trinajstić information content (AvgIpc) is 2.63. The first-order valence-electron chi connectivity index (χ1n) is 6.23. The maximum atomic E-state index is 12.0. The lowest BCUT2D eigenvalue weighted by atomic mass is 9.79. The summed E-state index contributed by atoms with van der Waals surface area (Å²) in [6.45, 7) is 11.4. The van der Waals surface area contributed by atoms with E-state index in [-0.39, 0.29) is 11.2 Å². The molecule has 0 amide bonds. The number of hydrogen-bond acceptors (Lipinski definition) is 3. The van der Waals surface area contributed by atoms with Crippen LogP contribution in [-0.4, -0.2) is 20.5 Å². The highest BCUT2D eigenvalue weighted by Gasteiger charge is 2.23. The van der Waals surface area contributed by atoms with Crippen LogP contribution >= 0.6 is 0 Å². The van der Waals surface area contributed by atoms with Gasteiger partial charge in [-0.1, -0.05) is 27.7 Å². The molecular weight excluding hydrogens is 214 g/mol. The first-order chi connectivity index (χ1) is 7.84. The van der Waals surface area contributed by atoms with Crippen LogP contribution in [0.2, 0.25) is 0 Å². The summed E-state index contributed by atoms with van der Waals surface area (Å²) in [5.74, 6) is 1.40. The molecule has 0 aliphatic carbocycles. The molecule has 0 spiro atoms. The fourth-order valence-corrected chi connectivity index (χ4v) is 1.59. The van der Waals surface area contributed by atoms with E-state index in [1.54, 1.807) is 4.68 Å². The van der Waals surface area contributed by atoms with Gasteiger partial charge in [0, 0.05) is 13.0 Å². The van der Waals surface area contributed by atoms with Gasteiger partial charge in [0.2, 0.25) is 0 Å². The largest absolute Gasteiger partial charge is 0.299 e. The normalized spacial score (nSPS) is 13.7. The average molecular weight is 237 g/mol. The zero-order chi connectivity index (χ0) is 13.1. The Morgan fingerprint density at radius 2 is 2.12 bits per heavy atom. The number of aromatic nitrogens is 3. The van der Waals surface area contributed by atoms with Gasteiger partial charge in [0.15, 0.2) is 0 Å². The molecular formula is C13H23N3O. The lowest BCUT2D eigenvalue weighted by Crippen LogP contribution is -2.22. The van der Waals surface area contributed by atoms with Crippen molar-refractivity contribution in [2.24, 2.45) is 11.3 Å². The van der Waals surface area contributed by atoms with Gasteiger partial charge in [-0.25, -0.2) is 9.67 Å².